The summed E-state index contributed by atoms with van der Waals surface area (Å²) in [6.45, 7) is 0. The van der Waals surface area contributed by atoms with Crippen LogP contribution in [-0.4, -0.2) is 10.7 Å². The highest BCUT2D eigenvalue weighted by atomic mass is 79.9. The minimum atomic E-state index is -0.514. The van der Waals surface area contributed by atoms with Gasteiger partial charge in [0.2, 0.25) is 6.23 Å². The summed E-state index contributed by atoms with van der Waals surface area (Å²) in [5, 5.41) is 7.80. The molecule has 0 amide bonds. The van der Waals surface area contributed by atoms with Crippen molar-refractivity contribution in [2.75, 3.05) is 0 Å². The van der Waals surface area contributed by atoms with E-state index in [1.54, 1.807) is 18.2 Å². The molecular formula is C22H14BrCl2FN2O. The molecule has 5 rings (SSSR count). The largest absolute Gasteiger partial charge is 0.463 e. The summed E-state index contributed by atoms with van der Waals surface area (Å²) in [5.74, 6) is 0.297. The van der Waals surface area contributed by atoms with Crippen LogP contribution in [0, 0.1) is 5.82 Å². The maximum atomic E-state index is 13.5. The van der Waals surface area contributed by atoms with Crippen LogP contribution in [0.2, 0.25) is 10.0 Å². The number of fused-ring (bicyclic) bond motifs is 3. The van der Waals surface area contributed by atoms with Crippen LogP contribution in [0.15, 0.2) is 70.2 Å². The van der Waals surface area contributed by atoms with Crippen molar-refractivity contribution in [3.63, 3.8) is 0 Å². The minimum absolute atomic E-state index is 0.0800. The monoisotopic (exact) mass is 490 g/mol. The van der Waals surface area contributed by atoms with Gasteiger partial charge in [-0.05, 0) is 42.0 Å². The highest BCUT2D eigenvalue weighted by Gasteiger charge is 2.42. The summed E-state index contributed by atoms with van der Waals surface area (Å²) in [6.07, 6.45) is 0.173. The molecule has 2 aliphatic rings. The molecule has 0 N–H and O–H groups in total. The molecule has 2 aliphatic heterocycles. The molecular weight excluding hydrogens is 478 g/mol. The van der Waals surface area contributed by atoms with E-state index in [0.29, 0.717) is 22.2 Å². The van der Waals surface area contributed by atoms with Crippen LogP contribution < -0.4 is 4.74 Å². The first kappa shape index (κ1) is 18.9. The van der Waals surface area contributed by atoms with E-state index in [9.17, 15) is 4.39 Å². The van der Waals surface area contributed by atoms with E-state index >= 15 is 0 Å². The van der Waals surface area contributed by atoms with E-state index in [1.165, 1.54) is 12.1 Å². The average Bonchev–Trinajstić information content (AvgIpc) is 3.14. The highest BCUT2D eigenvalue weighted by molar-refractivity contribution is 9.10. The Balaban J connectivity index is 1.62. The summed E-state index contributed by atoms with van der Waals surface area (Å²) in [7, 11) is 0. The number of ether oxygens (including phenoxy) is 1. The second-order valence-corrected chi connectivity index (χ2v) is 8.74. The van der Waals surface area contributed by atoms with Crippen molar-refractivity contribution >= 4 is 44.8 Å². The zero-order valence-corrected chi connectivity index (χ0v) is 18.0. The Bertz CT molecular complexity index is 1120. The van der Waals surface area contributed by atoms with Gasteiger partial charge in [0.15, 0.2) is 0 Å². The molecule has 3 aromatic rings. The Kier molecular flexibility index (Phi) is 4.77. The first-order valence-electron chi connectivity index (χ1n) is 9.02. The van der Waals surface area contributed by atoms with Gasteiger partial charge in [0, 0.05) is 27.0 Å². The molecule has 0 spiro atoms. The molecule has 146 valence electrons. The van der Waals surface area contributed by atoms with Crippen LogP contribution >= 0.6 is 39.1 Å². The fourth-order valence-electron chi connectivity index (χ4n) is 3.78. The van der Waals surface area contributed by atoms with Crippen LogP contribution in [0.5, 0.6) is 5.75 Å². The number of benzene rings is 3. The predicted octanol–water partition coefficient (Wildman–Crippen LogP) is 7.14. The van der Waals surface area contributed by atoms with Gasteiger partial charge in [-0.15, -0.1) is 0 Å². The van der Waals surface area contributed by atoms with Crippen LogP contribution in [0.25, 0.3) is 0 Å². The van der Waals surface area contributed by atoms with Crippen molar-refractivity contribution in [2.45, 2.75) is 18.7 Å². The van der Waals surface area contributed by atoms with Crippen LogP contribution in [0.1, 0.15) is 35.4 Å². The molecule has 7 heteroatoms. The molecule has 29 heavy (non-hydrogen) atoms. The van der Waals surface area contributed by atoms with Gasteiger partial charge in [-0.2, -0.15) is 5.10 Å². The lowest BCUT2D eigenvalue weighted by atomic mass is 9.96. The molecule has 0 radical (unpaired) electrons. The third kappa shape index (κ3) is 3.41. The van der Waals surface area contributed by atoms with Crippen molar-refractivity contribution in [2.24, 2.45) is 5.10 Å². The lowest BCUT2D eigenvalue weighted by Gasteiger charge is -2.38. The molecule has 0 unspecified atom stereocenters. The van der Waals surface area contributed by atoms with Gasteiger partial charge < -0.3 is 4.74 Å². The van der Waals surface area contributed by atoms with E-state index in [1.807, 2.05) is 35.3 Å². The van der Waals surface area contributed by atoms with Gasteiger partial charge in [-0.3, -0.25) is 0 Å². The number of halogens is 4. The fourth-order valence-corrected chi connectivity index (χ4v) is 4.60. The summed E-state index contributed by atoms with van der Waals surface area (Å²) >= 11 is 16.2. The van der Waals surface area contributed by atoms with Gasteiger partial charge >= 0.3 is 0 Å². The Morgan fingerprint density at radius 2 is 1.76 bits per heavy atom. The lowest BCUT2D eigenvalue weighted by molar-refractivity contribution is -0.0189. The molecule has 0 saturated carbocycles. The lowest BCUT2D eigenvalue weighted by Crippen LogP contribution is -2.33. The molecule has 0 aliphatic carbocycles. The molecule has 0 saturated heterocycles. The molecule has 2 heterocycles. The van der Waals surface area contributed by atoms with Crippen LogP contribution in [-0.2, 0) is 0 Å². The summed E-state index contributed by atoms with van der Waals surface area (Å²) in [5.41, 5.74) is 3.68. The van der Waals surface area contributed by atoms with Crippen molar-refractivity contribution in [3.05, 3.63) is 97.7 Å². The first-order chi connectivity index (χ1) is 14.0. The maximum absolute atomic E-state index is 13.5. The maximum Gasteiger partial charge on any atom is 0.213 e. The summed E-state index contributed by atoms with van der Waals surface area (Å²) in [6, 6.07) is 17.8. The molecule has 0 fully saturated rings. The van der Waals surface area contributed by atoms with E-state index in [-0.39, 0.29) is 11.9 Å². The fraction of sp³-hybridized carbons (Fsp3) is 0.136. The van der Waals surface area contributed by atoms with Crippen molar-refractivity contribution in [3.8, 4) is 5.75 Å². The van der Waals surface area contributed by atoms with Gasteiger partial charge in [-0.1, -0.05) is 63.4 Å². The smallest absolute Gasteiger partial charge is 0.213 e. The topological polar surface area (TPSA) is 24.8 Å². The molecule has 0 aromatic heterocycles. The second kappa shape index (κ2) is 7.31. The van der Waals surface area contributed by atoms with Gasteiger partial charge in [-0.25, -0.2) is 9.40 Å². The normalized spacial score (nSPS) is 20.0. The molecule has 3 aromatic carbocycles. The van der Waals surface area contributed by atoms with E-state index in [2.05, 4.69) is 15.9 Å². The van der Waals surface area contributed by atoms with Crippen LogP contribution in [0.3, 0.4) is 0 Å². The van der Waals surface area contributed by atoms with Crippen LogP contribution in [0.4, 0.5) is 4.39 Å². The second-order valence-electron chi connectivity index (χ2n) is 6.98. The number of hydrogen-bond donors (Lipinski definition) is 0. The van der Waals surface area contributed by atoms with Crippen molar-refractivity contribution in [1.82, 2.24) is 5.01 Å². The van der Waals surface area contributed by atoms with E-state index in [0.717, 1.165) is 26.9 Å². The zero-order valence-electron chi connectivity index (χ0n) is 14.9. The Hall–Kier alpha value is -2.08. The Morgan fingerprint density at radius 1 is 1.03 bits per heavy atom. The molecule has 3 nitrogen and oxygen atoms in total. The summed E-state index contributed by atoms with van der Waals surface area (Å²) < 4.78 is 20.7. The zero-order chi connectivity index (χ0) is 20.1. The standard InChI is InChI=1S/C22H14BrCl2FN2O/c23-14-5-1-12(2-6-14)19-11-20-17-9-15(24)10-18(25)21(17)29-22(28(20)27-19)13-3-7-16(26)8-4-13/h1-10,20,22H,11H2/t20-,22+/m1/s1. The molecule has 0 bridgehead atoms. The van der Waals surface area contributed by atoms with Gasteiger partial charge in [0.05, 0.1) is 16.8 Å². The van der Waals surface area contributed by atoms with Crippen molar-refractivity contribution in [1.29, 1.82) is 0 Å². The quantitative estimate of drug-likeness (QED) is 0.380. The van der Waals surface area contributed by atoms with Gasteiger partial charge in [0.25, 0.3) is 0 Å². The third-order valence-corrected chi connectivity index (χ3v) is 6.17. The number of rotatable bonds is 2. The van der Waals surface area contributed by atoms with E-state index in [4.69, 9.17) is 33.0 Å². The predicted molar refractivity (Wildman–Crippen MR) is 116 cm³/mol. The number of hydrogen-bond acceptors (Lipinski definition) is 3. The SMILES string of the molecule is Fc1ccc([C@@H]2Oc3c(Cl)cc(Cl)cc3[C@H]3CC(c4ccc(Br)cc4)=NN32)cc1. The van der Waals surface area contributed by atoms with E-state index < -0.39 is 6.23 Å². The number of hydrazone groups is 1. The Morgan fingerprint density at radius 3 is 2.48 bits per heavy atom. The molecule has 2 atom stereocenters. The summed E-state index contributed by atoms with van der Waals surface area (Å²) in [4.78, 5) is 0. The number of nitrogens with zero attached hydrogens (tertiary/aromatic N) is 2. The minimum Gasteiger partial charge on any atom is -0.463 e. The first-order valence-corrected chi connectivity index (χ1v) is 10.6. The van der Waals surface area contributed by atoms with Crippen molar-refractivity contribution < 1.29 is 9.13 Å². The Labute approximate surface area is 185 Å². The third-order valence-electron chi connectivity index (χ3n) is 5.14. The highest BCUT2D eigenvalue weighted by Crippen LogP contribution is 2.50. The van der Waals surface area contributed by atoms with Gasteiger partial charge in [0.1, 0.15) is 11.6 Å². The average molecular weight is 492 g/mol.